The molecule has 18 heavy (non-hydrogen) atoms. The second-order valence-corrected chi connectivity index (χ2v) is 5.39. The molecule has 0 radical (unpaired) electrons. The fraction of sp³-hybridized carbons (Fsp3) is 0.643. The Morgan fingerprint density at radius 1 is 1.44 bits per heavy atom. The van der Waals surface area contributed by atoms with Gasteiger partial charge in [0, 0.05) is 25.3 Å². The van der Waals surface area contributed by atoms with Crippen molar-refractivity contribution in [3.63, 3.8) is 0 Å². The summed E-state index contributed by atoms with van der Waals surface area (Å²) in [6.07, 6.45) is 6.43. The molecule has 3 nitrogen and oxygen atoms in total. The number of hydrogen-bond donors (Lipinski definition) is 1. The topological polar surface area (TPSA) is 42.2 Å². The molecule has 0 fully saturated rings. The summed E-state index contributed by atoms with van der Waals surface area (Å²) in [5.41, 5.74) is 7.04. The van der Waals surface area contributed by atoms with Crippen LogP contribution < -0.4 is 5.73 Å². The van der Waals surface area contributed by atoms with Crippen molar-refractivity contribution in [3.05, 3.63) is 30.1 Å². The van der Waals surface area contributed by atoms with E-state index < -0.39 is 0 Å². The van der Waals surface area contributed by atoms with Crippen molar-refractivity contribution in [2.75, 3.05) is 25.1 Å². The fourth-order valence-electron chi connectivity index (χ4n) is 2.11. The number of nitrogens with two attached hydrogens (primary N) is 1. The Balaban J connectivity index is 2.51. The lowest BCUT2D eigenvalue weighted by atomic mass is 10.1. The first kappa shape index (κ1) is 15.5. The van der Waals surface area contributed by atoms with E-state index in [1.165, 1.54) is 18.6 Å². The van der Waals surface area contributed by atoms with Gasteiger partial charge in [0.2, 0.25) is 0 Å². The van der Waals surface area contributed by atoms with Crippen LogP contribution in [-0.4, -0.2) is 41.0 Å². The third kappa shape index (κ3) is 5.38. The predicted molar refractivity (Wildman–Crippen MR) is 80.8 cm³/mol. The highest BCUT2D eigenvalue weighted by Crippen LogP contribution is 2.11. The van der Waals surface area contributed by atoms with Gasteiger partial charge in [-0.25, -0.2) is 0 Å². The summed E-state index contributed by atoms with van der Waals surface area (Å²) in [5, 5.41) is 0. The average Bonchev–Trinajstić information content (AvgIpc) is 2.43. The molecule has 1 aromatic heterocycles. The summed E-state index contributed by atoms with van der Waals surface area (Å²) in [4.78, 5) is 6.83. The van der Waals surface area contributed by atoms with Gasteiger partial charge >= 0.3 is 0 Å². The third-order valence-electron chi connectivity index (χ3n) is 3.17. The van der Waals surface area contributed by atoms with Crippen LogP contribution in [0.2, 0.25) is 0 Å². The first-order valence-electron chi connectivity index (χ1n) is 6.64. The third-order valence-corrected chi connectivity index (χ3v) is 3.87. The molecule has 0 amide bonds. The van der Waals surface area contributed by atoms with Gasteiger partial charge in [-0.15, -0.1) is 0 Å². The summed E-state index contributed by atoms with van der Waals surface area (Å²) >= 11 is 1.91. The highest BCUT2D eigenvalue weighted by molar-refractivity contribution is 7.98. The molecule has 1 atom stereocenters. The number of likely N-dealkylation sites (N-methyl/N-ethyl adjacent to an activating group) is 1. The van der Waals surface area contributed by atoms with Gasteiger partial charge in [-0.3, -0.25) is 9.88 Å². The standard InChI is InChI=1S/C14H25N3S/c1-3-17(12-13-7-4-5-9-16-13)14(11-15)8-6-10-18-2/h4-5,7,9,14H,3,6,8,10-12,15H2,1-2H3. The van der Waals surface area contributed by atoms with Gasteiger partial charge in [0.05, 0.1) is 5.69 Å². The number of thioether (sulfide) groups is 1. The van der Waals surface area contributed by atoms with Crippen LogP contribution in [0.3, 0.4) is 0 Å². The van der Waals surface area contributed by atoms with Gasteiger partial charge in [-0.2, -0.15) is 11.8 Å². The molecule has 0 bridgehead atoms. The Hall–Kier alpha value is -0.580. The minimum atomic E-state index is 0.476. The van der Waals surface area contributed by atoms with Crippen LogP contribution in [-0.2, 0) is 6.54 Å². The molecule has 1 rings (SSSR count). The van der Waals surface area contributed by atoms with Crippen molar-refractivity contribution in [1.29, 1.82) is 0 Å². The van der Waals surface area contributed by atoms with E-state index in [1.807, 2.05) is 30.1 Å². The number of nitrogens with zero attached hydrogens (tertiary/aromatic N) is 2. The molecule has 1 heterocycles. The zero-order valence-corrected chi connectivity index (χ0v) is 12.3. The predicted octanol–water partition coefficient (Wildman–Crippen LogP) is 2.37. The van der Waals surface area contributed by atoms with Crippen molar-refractivity contribution >= 4 is 11.8 Å². The normalized spacial score (nSPS) is 12.9. The van der Waals surface area contributed by atoms with Crippen LogP contribution in [0.4, 0.5) is 0 Å². The number of aromatic nitrogens is 1. The highest BCUT2D eigenvalue weighted by atomic mass is 32.2. The molecule has 102 valence electrons. The summed E-state index contributed by atoms with van der Waals surface area (Å²) in [6, 6.07) is 6.56. The Morgan fingerprint density at radius 3 is 2.83 bits per heavy atom. The Bertz CT molecular complexity index is 305. The van der Waals surface area contributed by atoms with Crippen LogP contribution in [0.25, 0.3) is 0 Å². The maximum Gasteiger partial charge on any atom is 0.0544 e. The van der Waals surface area contributed by atoms with Crippen LogP contribution in [0.15, 0.2) is 24.4 Å². The van der Waals surface area contributed by atoms with E-state index >= 15 is 0 Å². The van der Waals surface area contributed by atoms with Crippen LogP contribution >= 0.6 is 11.8 Å². The van der Waals surface area contributed by atoms with Crippen LogP contribution in [0.5, 0.6) is 0 Å². The van der Waals surface area contributed by atoms with Gasteiger partial charge in [-0.1, -0.05) is 13.0 Å². The zero-order valence-electron chi connectivity index (χ0n) is 11.5. The van der Waals surface area contributed by atoms with Gasteiger partial charge < -0.3 is 5.73 Å². The number of rotatable bonds is 9. The maximum atomic E-state index is 5.92. The van der Waals surface area contributed by atoms with Crippen LogP contribution in [0.1, 0.15) is 25.5 Å². The Labute approximate surface area is 115 Å². The summed E-state index contributed by atoms with van der Waals surface area (Å²) in [5.74, 6) is 1.22. The average molecular weight is 267 g/mol. The first-order valence-corrected chi connectivity index (χ1v) is 8.04. The quantitative estimate of drug-likeness (QED) is 0.698. The molecule has 0 aliphatic rings. The van der Waals surface area contributed by atoms with Crippen molar-refractivity contribution in [2.24, 2.45) is 5.73 Å². The minimum absolute atomic E-state index is 0.476. The van der Waals surface area contributed by atoms with Crippen molar-refractivity contribution in [1.82, 2.24) is 9.88 Å². The van der Waals surface area contributed by atoms with E-state index in [2.05, 4.69) is 29.1 Å². The molecular formula is C14H25N3S. The van der Waals surface area contributed by atoms with E-state index in [1.54, 1.807) is 0 Å². The van der Waals surface area contributed by atoms with Crippen LogP contribution in [0, 0.1) is 0 Å². The van der Waals surface area contributed by atoms with E-state index in [4.69, 9.17) is 5.73 Å². The van der Waals surface area contributed by atoms with E-state index in [-0.39, 0.29) is 0 Å². The molecule has 1 unspecified atom stereocenters. The molecule has 0 saturated heterocycles. The molecular weight excluding hydrogens is 242 g/mol. The molecule has 0 spiro atoms. The van der Waals surface area contributed by atoms with E-state index in [9.17, 15) is 0 Å². The molecule has 4 heteroatoms. The molecule has 0 aliphatic carbocycles. The van der Waals surface area contributed by atoms with Gasteiger partial charge in [-0.05, 0) is 43.5 Å². The summed E-state index contributed by atoms with van der Waals surface area (Å²) in [7, 11) is 0. The molecule has 2 N–H and O–H groups in total. The Kier molecular flexibility index (Phi) is 8.05. The lowest BCUT2D eigenvalue weighted by Crippen LogP contribution is -2.40. The molecule has 1 aromatic rings. The maximum absolute atomic E-state index is 5.92. The van der Waals surface area contributed by atoms with E-state index in [0.29, 0.717) is 6.04 Å². The molecule has 0 aliphatic heterocycles. The second-order valence-electron chi connectivity index (χ2n) is 4.41. The SMILES string of the molecule is CCN(Cc1ccccn1)C(CN)CCCSC. The molecule has 0 aromatic carbocycles. The van der Waals surface area contributed by atoms with Gasteiger partial charge in [0.25, 0.3) is 0 Å². The zero-order chi connectivity index (χ0) is 13.2. The highest BCUT2D eigenvalue weighted by Gasteiger charge is 2.15. The first-order chi connectivity index (χ1) is 8.81. The van der Waals surface area contributed by atoms with Crippen molar-refractivity contribution < 1.29 is 0 Å². The van der Waals surface area contributed by atoms with Crippen molar-refractivity contribution in [3.8, 4) is 0 Å². The van der Waals surface area contributed by atoms with E-state index in [0.717, 1.165) is 25.3 Å². The summed E-state index contributed by atoms with van der Waals surface area (Å²) < 4.78 is 0. The number of hydrogen-bond acceptors (Lipinski definition) is 4. The van der Waals surface area contributed by atoms with Gasteiger partial charge in [0.15, 0.2) is 0 Å². The van der Waals surface area contributed by atoms with Gasteiger partial charge in [0.1, 0.15) is 0 Å². The smallest absolute Gasteiger partial charge is 0.0544 e. The molecule has 0 saturated carbocycles. The largest absolute Gasteiger partial charge is 0.329 e. The lowest BCUT2D eigenvalue weighted by molar-refractivity contribution is 0.189. The van der Waals surface area contributed by atoms with Crippen molar-refractivity contribution in [2.45, 2.75) is 32.4 Å². The minimum Gasteiger partial charge on any atom is -0.329 e. The Morgan fingerprint density at radius 2 is 2.28 bits per heavy atom. The summed E-state index contributed by atoms with van der Waals surface area (Å²) in [6.45, 7) is 4.85. The lowest BCUT2D eigenvalue weighted by Gasteiger charge is -2.29. The second kappa shape index (κ2) is 9.36. The monoisotopic (exact) mass is 267 g/mol. The number of pyridine rings is 1. The fourth-order valence-corrected chi connectivity index (χ4v) is 2.57.